The summed E-state index contributed by atoms with van der Waals surface area (Å²) in [5, 5.41) is 4.13. The topological polar surface area (TPSA) is 35.6 Å². The zero-order valence-corrected chi connectivity index (χ0v) is 13.0. The highest BCUT2D eigenvalue weighted by Crippen LogP contribution is 2.26. The van der Waals surface area contributed by atoms with E-state index < -0.39 is 0 Å². The highest BCUT2D eigenvalue weighted by Gasteiger charge is 2.28. The summed E-state index contributed by atoms with van der Waals surface area (Å²) < 4.78 is 0. The van der Waals surface area contributed by atoms with E-state index in [-0.39, 0.29) is 11.9 Å². The van der Waals surface area contributed by atoms with Gasteiger partial charge in [-0.15, -0.1) is 0 Å². The molecule has 2 saturated heterocycles. The van der Waals surface area contributed by atoms with Crippen molar-refractivity contribution in [3.63, 3.8) is 0 Å². The number of anilines is 1. The van der Waals surface area contributed by atoms with E-state index in [1.165, 1.54) is 6.42 Å². The lowest BCUT2D eigenvalue weighted by Gasteiger charge is -2.38. The molecule has 1 N–H and O–H groups in total. The number of nitrogens with zero attached hydrogens (tertiary/aromatic N) is 2. The zero-order valence-electron chi connectivity index (χ0n) is 12.2. The molecular formula is C16H22ClN3O. The molecule has 0 unspecified atom stereocenters. The van der Waals surface area contributed by atoms with E-state index in [1.54, 1.807) is 0 Å². The van der Waals surface area contributed by atoms with E-state index in [2.05, 4.69) is 10.2 Å². The molecule has 0 spiro atoms. The number of carbonyl (C=O) groups is 1. The van der Waals surface area contributed by atoms with Crippen LogP contribution >= 0.6 is 11.6 Å². The minimum Gasteiger partial charge on any atom is -0.367 e. The molecule has 114 valence electrons. The van der Waals surface area contributed by atoms with Crippen LogP contribution in [0, 0.1) is 0 Å². The average molecular weight is 308 g/mol. The van der Waals surface area contributed by atoms with Crippen molar-refractivity contribution in [2.24, 2.45) is 0 Å². The number of rotatable bonds is 2. The maximum Gasteiger partial charge on any atom is 0.239 e. The van der Waals surface area contributed by atoms with Crippen molar-refractivity contribution in [3.05, 3.63) is 29.3 Å². The lowest BCUT2D eigenvalue weighted by atomic mass is 10.0. The van der Waals surface area contributed by atoms with Crippen LogP contribution in [0.2, 0.25) is 5.02 Å². The summed E-state index contributed by atoms with van der Waals surface area (Å²) in [6.07, 6.45) is 3.32. The molecule has 0 radical (unpaired) electrons. The van der Waals surface area contributed by atoms with E-state index in [9.17, 15) is 4.79 Å². The molecule has 2 aliphatic rings. The smallest absolute Gasteiger partial charge is 0.239 e. The first-order valence-electron chi connectivity index (χ1n) is 7.77. The Balaban J connectivity index is 1.57. The summed E-state index contributed by atoms with van der Waals surface area (Å²) in [5.74, 6) is 0.272. The van der Waals surface area contributed by atoms with Gasteiger partial charge in [0.25, 0.3) is 0 Å². The van der Waals surface area contributed by atoms with Crippen LogP contribution in [-0.4, -0.2) is 49.6 Å². The Morgan fingerprint density at radius 1 is 1.14 bits per heavy atom. The Morgan fingerprint density at radius 3 is 2.57 bits per heavy atom. The van der Waals surface area contributed by atoms with E-state index in [0.29, 0.717) is 0 Å². The quantitative estimate of drug-likeness (QED) is 0.909. The third-order valence-corrected chi connectivity index (χ3v) is 4.71. The zero-order chi connectivity index (χ0) is 14.7. The van der Waals surface area contributed by atoms with Crippen molar-refractivity contribution >= 4 is 23.2 Å². The third-order valence-electron chi connectivity index (χ3n) is 4.39. The molecule has 0 aromatic heterocycles. The van der Waals surface area contributed by atoms with Gasteiger partial charge in [0.2, 0.25) is 5.91 Å². The number of piperidine rings is 1. The molecule has 21 heavy (non-hydrogen) atoms. The van der Waals surface area contributed by atoms with Crippen LogP contribution in [0.25, 0.3) is 0 Å². The number of benzene rings is 1. The van der Waals surface area contributed by atoms with E-state index in [0.717, 1.165) is 56.3 Å². The summed E-state index contributed by atoms with van der Waals surface area (Å²) >= 11 is 6.25. The predicted octanol–water partition coefficient (Wildman–Crippen LogP) is 2.13. The monoisotopic (exact) mass is 307 g/mol. The molecule has 2 aliphatic heterocycles. The number of piperazine rings is 1. The molecule has 0 bridgehead atoms. The number of amides is 1. The Bertz CT molecular complexity index is 494. The first-order chi connectivity index (χ1) is 10.3. The fourth-order valence-electron chi connectivity index (χ4n) is 3.16. The number of halogens is 1. The maximum atomic E-state index is 12.5. The highest BCUT2D eigenvalue weighted by atomic mass is 35.5. The van der Waals surface area contributed by atoms with Crippen LogP contribution in [0.4, 0.5) is 5.69 Å². The number of hydrogen-bond acceptors (Lipinski definition) is 3. The molecular weight excluding hydrogens is 286 g/mol. The molecule has 0 aliphatic carbocycles. The van der Waals surface area contributed by atoms with Crippen LogP contribution in [0.1, 0.15) is 19.3 Å². The number of nitrogens with one attached hydrogen (secondary N) is 1. The molecule has 2 fully saturated rings. The van der Waals surface area contributed by atoms with Gasteiger partial charge in [-0.25, -0.2) is 0 Å². The van der Waals surface area contributed by atoms with Gasteiger partial charge < -0.3 is 15.1 Å². The molecule has 1 aromatic carbocycles. The van der Waals surface area contributed by atoms with Crippen LogP contribution < -0.4 is 10.2 Å². The van der Waals surface area contributed by atoms with Gasteiger partial charge in [0.15, 0.2) is 0 Å². The molecule has 2 heterocycles. The minimum absolute atomic E-state index is 0.0330. The molecule has 1 aromatic rings. The van der Waals surface area contributed by atoms with Gasteiger partial charge >= 0.3 is 0 Å². The first kappa shape index (κ1) is 14.7. The summed E-state index contributed by atoms with van der Waals surface area (Å²) in [5.41, 5.74) is 1.07. The highest BCUT2D eigenvalue weighted by molar-refractivity contribution is 6.33. The lowest BCUT2D eigenvalue weighted by Crippen LogP contribution is -2.55. The minimum atomic E-state index is 0.0330. The number of para-hydroxylation sites is 1. The van der Waals surface area contributed by atoms with Gasteiger partial charge in [-0.1, -0.05) is 30.2 Å². The largest absolute Gasteiger partial charge is 0.367 e. The molecule has 5 heteroatoms. The molecule has 0 saturated carbocycles. The van der Waals surface area contributed by atoms with Crippen molar-refractivity contribution in [1.29, 1.82) is 0 Å². The van der Waals surface area contributed by atoms with Gasteiger partial charge in [0, 0.05) is 26.2 Å². The Labute approximate surface area is 131 Å². The van der Waals surface area contributed by atoms with E-state index in [4.69, 9.17) is 11.6 Å². The second-order valence-electron chi connectivity index (χ2n) is 5.77. The fraction of sp³-hybridized carbons (Fsp3) is 0.562. The summed E-state index contributed by atoms with van der Waals surface area (Å²) in [4.78, 5) is 16.7. The normalized spacial score (nSPS) is 23.2. The van der Waals surface area contributed by atoms with Gasteiger partial charge in [-0.05, 0) is 31.5 Å². The van der Waals surface area contributed by atoms with Gasteiger partial charge in [-0.3, -0.25) is 4.79 Å². The molecule has 4 nitrogen and oxygen atoms in total. The molecule has 1 atom stereocenters. The fourth-order valence-corrected chi connectivity index (χ4v) is 3.41. The number of carbonyl (C=O) groups excluding carboxylic acids is 1. The van der Waals surface area contributed by atoms with Crippen LogP contribution in [-0.2, 0) is 4.79 Å². The standard InChI is InChI=1S/C16H22ClN3O/c17-13-5-1-2-7-15(13)19-9-11-20(12-10-19)16(21)14-6-3-4-8-18-14/h1-2,5,7,14,18H,3-4,6,8-12H2/t14-/m0/s1. The second kappa shape index (κ2) is 6.67. The van der Waals surface area contributed by atoms with Crippen molar-refractivity contribution in [1.82, 2.24) is 10.2 Å². The predicted molar refractivity (Wildman–Crippen MR) is 85.9 cm³/mol. The average Bonchev–Trinajstić information content (AvgIpc) is 2.56. The maximum absolute atomic E-state index is 12.5. The van der Waals surface area contributed by atoms with Gasteiger partial charge in [-0.2, -0.15) is 0 Å². The SMILES string of the molecule is O=C([C@@H]1CCCCN1)N1CCN(c2ccccc2Cl)CC1. The van der Waals surface area contributed by atoms with E-state index >= 15 is 0 Å². The Hall–Kier alpha value is -1.26. The summed E-state index contributed by atoms with van der Waals surface area (Å²) in [7, 11) is 0. The van der Waals surface area contributed by atoms with Crippen molar-refractivity contribution in [2.45, 2.75) is 25.3 Å². The molecule has 3 rings (SSSR count). The lowest BCUT2D eigenvalue weighted by molar-refractivity contribution is -0.134. The van der Waals surface area contributed by atoms with Crippen molar-refractivity contribution in [2.75, 3.05) is 37.6 Å². The summed E-state index contributed by atoms with van der Waals surface area (Å²) in [6, 6.07) is 7.94. The first-order valence-corrected chi connectivity index (χ1v) is 8.15. The summed E-state index contributed by atoms with van der Waals surface area (Å²) in [6.45, 7) is 4.23. The van der Waals surface area contributed by atoms with Crippen molar-refractivity contribution < 1.29 is 4.79 Å². The van der Waals surface area contributed by atoms with Crippen molar-refractivity contribution in [3.8, 4) is 0 Å². The number of hydrogen-bond donors (Lipinski definition) is 1. The van der Waals surface area contributed by atoms with E-state index in [1.807, 2.05) is 29.2 Å². The second-order valence-corrected chi connectivity index (χ2v) is 6.17. The van der Waals surface area contributed by atoms with Gasteiger partial charge in [0.1, 0.15) is 0 Å². The van der Waals surface area contributed by atoms with Gasteiger partial charge in [0.05, 0.1) is 16.8 Å². The van der Waals surface area contributed by atoms with Crippen LogP contribution in [0.15, 0.2) is 24.3 Å². The Kier molecular flexibility index (Phi) is 4.66. The van der Waals surface area contributed by atoms with Crippen LogP contribution in [0.5, 0.6) is 0 Å². The molecule has 1 amide bonds. The Morgan fingerprint density at radius 2 is 1.90 bits per heavy atom. The van der Waals surface area contributed by atoms with Crippen LogP contribution in [0.3, 0.4) is 0 Å². The third kappa shape index (κ3) is 3.33.